The number of hydrogen-bond donors (Lipinski definition) is 0. The average molecular weight is 261 g/mol. The van der Waals surface area contributed by atoms with E-state index >= 15 is 0 Å². The maximum atomic E-state index is 12.3. The first-order valence-electron chi connectivity index (χ1n) is 6.29. The van der Waals surface area contributed by atoms with Crippen LogP contribution in [0.1, 0.15) is 18.2 Å². The Morgan fingerprint density at radius 3 is 2.79 bits per heavy atom. The quantitative estimate of drug-likeness (QED) is 0.591. The fourth-order valence-electron chi connectivity index (χ4n) is 2.80. The maximum absolute atomic E-state index is 12.3. The zero-order valence-corrected chi connectivity index (χ0v) is 10.6. The zero-order valence-electron chi connectivity index (χ0n) is 10.6. The van der Waals surface area contributed by atoms with Crippen molar-refractivity contribution in [1.82, 2.24) is 4.90 Å². The number of carbonyl (C=O) groups excluding carboxylic acids is 2. The van der Waals surface area contributed by atoms with E-state index in [2.05, 4.69) is 4.74 Å². The highest BCUT2D eigenvalue weighted by Crippen LogP contribution is 2.39. The summed E-state index contributed by atoms with van der Waals surface area (Å²) in [6.07, 6.45) is 0.0998. The summed E-state index contributed by atoms with van der Waals surface area (Å²) in [4.78, 5) is 25.6. The van der Waals surface area contributed by atoms with Crippen LogP contribution in [0.25, 0.3) is 0 Å². The van der Waals surface area contributed by atoms with Crippen LogP contribution < -0.4 is 0 Å². The molecule has 0 aromatic heterocycles. The van der Waals surface area contributed by atoms with E-state index in [1.807, 2.05) is 30.3 Å². The van der Waals surface area contributed by atoms with Crippen LogP contribution in [-0.2, 0) is 19.1 Å². The van der Waals surface area contributed by atoms with E-state index in [4.69, 9.17) is 4.74 Å². The minimum atomic E-state index is -0.676. The summed E-state index contributed by atoms with van der Waals surface area (Å²) in [7, 11) is 1.31. The van der Waals surface area contributed by atoms with Crippen LogP contribution >= 0.6 is 0 Å². The molecular formula is C14H15NO4. The minimum absolute atomic E-state index is 0.0261. The van der Waals surface area contributed by atoms with Gasteiger partial charge in [-0.25, -0.2) is 0 Å². The first-order chi connectivity index (χ1) is 9.22. The number of amides is 1. The molecule has 1 amide bonds. The van der Waals surface area contributed by atoms with Crippen molar-refractivity contribution in [2.24, 2.45) is 5.92 Å². The fourth-order valence-corrected chi connectivity index (χ4v) is 2.80. The average Bonchev–Trinajstić information content (AvgIpc) is 3.00. The van der Waals surface area contributed by atoms with Crippen LogP contribution in [0.15, 0.2) is 30.3 Å². The number of ether oxygens (including phenoxy) is 2. The molecule has 1 aromatic rings. The monoisotopic (exact) mass is 261 g/mol. The molecule has 2 aliphatic heterocycles. The third kappa shape index (κ3) is 1.90. The van der Waals surface area contributed by atoms with Gasteiger partial charge in [0, 0.05) is 5.56 Å². The molecule has 0 bridgehead atoms. The Kier molecular flexibility index (Phi) is 2.98. The highest BCUT2D eigenvalue weighted by Gasteiger charge is 2.51. The van der Waals surface area contributed by atoms with Crippen molar-refractivity contribution in [1.29, 1.82) is 0 Å². The number of rotatable bonds is 2. The second-order valence-corrected chi connectivity index (χ2v) is 4.81. The summed E-state index contributed by atoms with van der Waals surface area (Å²) in [5.41, 5.74) is 0.934. The topological polar surface area (TPSA) is 55.8 Å². The molecular weight excluding hydrogens is 246 g/mol. The normalized spacial score (nSPS) is 29.4. The van der Waals surface area contributed by atoms with Crippen LogP contribution in [0.5, 0.6) is 0 Å². The summed E-state index contributed by atoms with van der Waals surface area (Å²) in [6, 6.07) is 9.55. The standard InChI is InChI=1S/C14H15NO4/c1-18-14(17)11-7-10-8-19-13(15(10)12(11)16)9-5-3-2-4-6-9/h2-6,10-11,13H,7-8H2,1H3. The second kappa shape index (κ2) is 4.66. The van der Waals surface area contributed by atoms with Crippen LogP contribution in [0, 0.1) is 5.92 Å². The minimum Gasteiger partial charge on any atom is -0.468 e. The van der Waals surface area contributed by atoms with Gasteiger partial charge in [-0.2, -0.15) is 0 Å². The highest BCUT2D eigenvalue weighted by atomic mass is 16.5. The molecule has 3 rings (SSSR count). The Hall–Kier alpha value is -1.88. The Morgan fingerprint density at radius 2 is 2.11 bits per heavy atom. The van der Waals surface area contributed by atoms with Gasteiger partial charge in [-0.05, 0) is 6.42 Å². The predicted octanol–water partition coefficient (Wildman–Crippen LogP) is 1.11. The molecule has 2 saturated heterocycles. The van der Waals surface area contributed by atoms with Crippen molar-refractivity contribution < 1.29 is 19.1 Å². The fraction of sp³-hybridized carbons (Fsp3) is 0.429. The molecule has 2 fully saturated rings. The van der Waals surface area contributed by atoms with Gasteiger partial charge in [0.05, 0.1) is 19.8 Å². The smallest absolute Gasteiger partial charge is 0.318 e. The molecule has 5 heteroatoms. The molecule has 2 aliphatic rings. The molecule has 3 atom stereocenters. The van der Waals surface area contributed by atoms with Crippen molar-refractivity contribution in [2.45, 2.75) is 18.7 Å². The number of benzene rings is 1. The Labute approximate surface area is 111 Å². The van der Waals surface area contributed by atoms with Crippen molar-refractivity contribution in [2.75, 3.05) is 13.7 Å². The van der Waals surface area contributed by atoms with Crippen LogP contribution in [0.4, 0.5) is 0 Å². The molecule has 2 heterocycles. The lowest BCUT2D eigenvalue weighted by Gasteiger charge is -2.22. The van der Waals surface area contributed by atoms with Crippen molar-refractivity contribution in [3.63, 3.8) is 0 Å². The van der Waals surface area contributed by atoms with Gasteiger partial charge in [0.1, 0.15) is 5.92 Å². The number of hydrogen-bond acceptors (Lipinski definition) is 4. The number of methoxy groups -OCH3 is 1. The van der Waals surface area contributed by atoms with E-state index in [0.717, 1.165) is 5.56 Å². The Bertz CT molecular complexity index is 501. The summed E-state index contributed by atoms with van der Waals surface area (Å²) in [5, 5.41) is 0. The van der Waals surface area contributed by atoms with E-state index in [0.29, 0.717) is 13.0 Å². The van der Waals surface area contributed by atoms with Crippen molar-refractivity contribution in [3.8, 4) is 0 Å². The lowest BCUT2D eigenvalue weighted by molar-refractivity contribution is -0.152. The summed E-state index contributed by atoms with van der Waals surface area (Å²) in [5.74, 6) is -1.32. The first-order valence-corrected chi connectivity index (χ1v) is 6.29. The van der Waals surface area contributed by atoms with E-state index in [9.17, 15) is 9.59 Å². The van der Waals surface area contributed by atoms with Gasteiger partial charge in [-0.1, -0.05) is 30.3 Å². The van der Waals surface area contributed by atoms with Gasteiger partial charge in [-0.15, -0.1) is 0 Å². The van der Waals surface area contributed by atoms with E-state index < -0.39 is 11.9 Å². The molecule has 1 aromatic carbocycles. The van der Waals surface area contributed by atoms with Gasteiger partial charge in [0.15, 0.2) is 6.23 Å². The molecule has 5 nitrogen and oxygen atoms in total. The molecule has 0 N–H and O–H groups in total. The van der Waals surface area contributed by atoms with Gasteiger partial charge >= 0.3 is 5.97 Å². The molecule has 0 spiro atoms. The number of nitrogens with zero attached hydrogens (tertiary/aromatic N) is 1. The number of fused-ring (bicyclic) bond motifs is 1. The largest absolute Gasteiger partial charge is 0.468 e. The Morgan fingerprint density at radius 1 is 1.37 bits per heavy atom. The SMILES string of the molecule is COC(=O)C1CC2COC(c3ccccc3)N2C1=O. The van der Waals surface area contributed by atoms with Crippen molar-refractivity contribution >= 4 is 11.9 Å². The zero-order chi connectivity index (χ0) is 13.4. The molecule has 100 valence electrons. The maximum Gasteiger partial charge on any atom is 0.318 e. The Balaban J connectivity index is 1.85. The summed E-state index contributed by atoms with van der Waals surface area (Å²) >= 11 is 0. The lowest BCUT2D eigenvalue weighted by Crippen LogP contribution is -2.34. The molecule has 19 heavy (non-hydrogen) atoms. The lowest BCUT2D eigenvalue weighted by atomic mass is 10.1. The molecule has 3 unspecified atom stereocenters. The first kappa shape index (κ1) is 12.2. The van der Waals surface area contributed by atoms with Gasteiger partial charge in [-0.3, -0.25) is 9.59 Å². The predicted molar refractivity (Wildman–Crippen MR) is 65.9 cm³/mol. The van der Waals surface area contributed by atoms with E-state index in [-0.39, 0.29) is 18.2 Å². The van der Waals surface area contributed by atoms with E-state index in [1.54, 1.807) is 4.90 Å². The van der Waals surface area contributed by atoms with Gasteiger partial charge in [0.25, 0.3) is 0 Å². The summed E-state index contributed by atoms with van der Waals surface area (Å²) in [6.45, 7) is 0.471. The third-order valence-corrected chi connectivity index (χ3v) is 3.72. The van der Waals surface area contributed by atoms with Crippen LogP contribution in [-0.4, -0.2) is 36.5 Å². The van der Waals surface area contributed by atoms with Crippen LogP contribution in [0.2, 0.25) is 0 Å². The molecule has 0 saturated carbocycles. The molecule has 0 radical (unpaired) electrons. The van der Waals surface area contributed by atoms with Crippen LogP contribution in [0.3, 0.4) is 0 Å². The van der Waals surface area contributed by atoms with Gasteiger partial charge in [0.2, 0.25) is 5.91 Å². The van der Waals surface area contributed by atoms with Crippen molar-refractivity contribution in [3.05, 3.63) is 35.9 Å². The number of carbonyl (C=O) groups is 2. The number of esters is 1. The summed E-state index contributed by atoms with van der Waals surface area (Å²) < 4.78 is 10.4. The second-order valence-electron chi connectivity index (χ2n) is 4.81. The molecule has 0 aliphatic carbocycles. The third-order valence-electron chi connectivity index (χ3n) is 3.72. The highest BCUT2D eigenvalue weighted by molar-refractivity contribution is 5.99. The van der Waals surface area contributed by atoms with Gasteiger partial charge < -0.3 is 14.4 Å². The van der Waals surface area contributed by atoms with E-state index in [1.165, 1.54) is 7.11 Å².